The van der Waals surface area contributed by atoms with Gasteiger partial charge in [0.1, 0.15) is 29.4 Å². The molecule has 0 atom stereocenters. The number of carbonyl (C=O) groups is 2. The molecule has 8 nitrogen and oxygen atoms in total. The van der Waals surface area contributed by atoms with Crippen LogP contribution in [-0.2, 0) is 19.1 Å². The Morgan fingerprint density at radius 1 is 0.333 bits per heavy atom. The van der Waals surface area contributed by atoms with Crippen molar-refractivity contribution in [3.05, 3.63) is 97.1 Å². The summed E-state index contributed by atoms with van der Waals surface area (Å²) in [4.78, 5) is 24.1. The molecule has 4 rings (SSSR count). The molecule has 0 aliphatic rings. The summed E-state index contributed by atoms with van der Waals surface area (Å²) in [6.45, 7) is 7.80. The van der Waals surface area contributed by atoms with Crippen LogP contribution >= 0.6 is 0 Å². The van der Waals surface area contributed by atoms with Crippen LogP contribution in [0.4, 0.5) is 0 Å². The summed E-state index contributed by atoms with van der Waals surface area (Å²) < 4.78 is 33.8. The SMILES string of the molecule is CCCCOc1ccc(-c2ccc(OCCCCCCCOC(=O)CC(=O)OCCCCCCCOc3ccc(-c4ccc(OCCCC)cc4)cc3)cc2)cc1. The van der Waals surface area contributed by atoms with Crippen LogP contribution in [0.1, 0.15) is 110 Å². The minimum Gasteiger partial charge on any atom is -0.494 e. The molecule has 0 saturated carbocycles. The summed E-state index contributed by atoms with van der Waals surface area (Å²) in [6, 6.07) is 32.8. The normalized spacial score (nSPS) is 10.8. The number of unbranched alkanes of at least 4 members (excludes halogenated alkanes) is 10. The molecule has 0 heterocycles. The van der Waals surface area contributed by atoms with Gasteiger partial charge in [0.05, 0.1) is 39.6 Å². The zero-order valence-corrected chi connectivity index (χ0v) is 34.4. The molecule has 0 amide bonds. The van der Waals surface area contributed by atoms with Gasteiger partial charge in [0.2, 0.25) is 0 Å². The third-order valence-electron chi connectivity index (χ3n) is 9.55. The van der Waals surface area contributed by atoms with Crippen molar-refractivity contribution in [2.75, 3.05) is 39.6 Å². The molecule has 0 radical (unpaired) electrons. The lowest BCUT2D eigenvalue weighted by atomic mass is 10.1. The first-order chi connectivity index (χ1) is 28.0. The van der Waals surface area contributed by atoms with Crippen LogP contribution in [0.3, 0.4) is 0 Å². The van der Waals surface area contributed by atoms with Gasteiger partial charge in [-0.1, -0.05) is 114 Å². The van der Waals surface area contributed by atoms with Gasteiger partial charge in [-0.2, -0.15) is 0 Å². The van der Waals surface area contributed by atoms with Crippen molar-refractivity contribution in [3.63, 3.8) is 0 Å². The first-order valence-electron chi connectivity index (χ1n) is 21.3. The molecule has 0 aliphatic heterocycles. The van der Waals surface area contributed by atoms with Crippen molar-refractivity contribution in [1.82, 2.24) is 0 Å². The largest absolute Gasteiger partial charge is 0.494 e. The molecule has 0 spiro atoms. The molecule has 308 valence electrons. The van der Waals surface area contributed by atoms with E-state index < -0.39 is 11.9 Å². The van der Waals surface area contributed by atoms with Gasteiger partial charge in [-0.05, 0) is 109 Å². The van der Waals surface area contributed by atoms with Gasteiger partial charge < -0.3 is 28.4 Å². The van der Waals surface area contributed by atoms with Crippen molar-refractivity contribution < 1.29 is 38.0 Å². The quantitative estimate of drug-likeness (QED) is 0.0294. The van der Waals surface area contributed by atoms with Crippen LogP contribution < -0.4 is 18.9 Å². The molecule has 0 fully saturated rings. The van der Waals surface area contributed by atoms with Gasteiger partial charge >= 0.3 is 11.9 Å². The smallest absolute Gasteiger partial charge is 0.317 e. The van der Waals surface area contributed by atoms with Crippen molar-refractivity contribution in [2.24, 2.45) is 0 Å². The minimum absolute atomic E-state index is 0.322. The molecule has 0 bridgehead atoms. The van der Waals surface area contributed by atoms with Crippen LogP contribution in [0.25, 0.3) is 22.3 Å². The zero-order chi connectivity index (χ0) is 40.2. The van der Waals surface area contributed by atoms with Crippen molar-refractivity contribution in [1.29, 1.82) is 0 Å². The number of rotatable bonds is 30. The molecular weight excluding hydrogens is 717 g/mol. The summed E-state index contributed by atoms with van der Waals surface area (Å²) >= 11 is 0. The highest BCUT2D eigenvalue weighted by molar-refractivity contribution is 5.91. The maximum absolute atomic E-state index is 12.0. The molecule has 0 unspecified atom stereocenters. The van der Waals surface area contributed by atoms with E-state index in [0.29, 0.717) is 26.4 Å². The third-order valence-corrected chi connectivity index (χ3v) is 9.55. The minimum atomic E-state index is -0.524. The highest BCUT2D eigenvalue weighted by Gasteiger charge is 2.12. The Hall–Kier alpha value is -4.98. The van der Waals surface area contributed by atoms with Crippen molar-refractivity contribution in [3.8, 4) is 45.3 Å². The Balaban J connectivity index is 0.911. The van der Waals surface area contributed by atoms with E-state index in [1.165, 1.54) is 0 Å². The first-order valence-corrected chi connectivity index (χ1v) is 21.3. The lowest BCUT2D eigenvalue weighted by molar-refractivity contribution is -0.154. The van der Waals surface area contributed by atoms with Crippen LogP contribution in [0, 0.1) is 0 Å². The number of hydrogen-bond acceptors (Lipinski definition) is 8. The average Bonchev–Trinajstić information content (AvgIpc) is 3.23. The van der Waals surface area contributed by atoms with Crippen molar-refractivity contribution >= 4 is 11.9 Å². The maximum atomic E-state index is 12.0. The summed E-state index contributed by atoms with van der Waals surface area (Å²) in [5.74, 6) is 2.50. The van der Waals surface area contributed by atoms with Gasteiger partial charge in [0, 0.05) is 0 Å². The fourth-order valence-electron chi connectivity index (χ4n) is 6.08. The van der Waals surface area contributed by atoms with E-state index in [-0.39, 0.29) is 6.42 Å². The highest BCUT2D eigenvalue weighted by Crippen LogP contribution is 2.26. The lowest BCUT2D eigenvalue weighted by Gasteiger charge is -2.09. The second-order valence-electron chi connectivity index (χ2n) is 14.4. The second kappa shape index (κ2) is 27.6. The monoisotopic (exact) mass is 780 g/mol. The van der Waals surface area contributed by atoms with Gasteiger partial charge in [0.15, 0.2) is 0 Å². The Morgan fingerprint density at radius 2 is 0.579 bits per heavy atom. The van der Waals surface area contributed by atoms with Gasteiger partial charge in [-0.3, -0.25) is 9.59 Å². The summed E-state index contributed by atoms with van der Waals surface area (Å²) in [5.41, 5.74) is 4.59. The van der Waals surface area contributed by atoms with Crippen LogP contribution in [0.15, 0.2) is 97.1 Å². The molecule has 4 aromatic rings. The fraction of sp³-hybridized carbons (Fsp3) is 0.469. The molecule has 0 aliphatic carbocycles. The molecular formula is C49H64O8. The van der Waals surface area contributed by atoms with E-state index in [1.54, 1.807) is 0 Å². The Labute approximate surface area is 341 Å². The molecule has 4 aromatic carbocycles. The average molecular weight is 781 g/mol. The lowest BCUT2D eigenvalue weighted by Crippen LogP contribution is -2.15. The molecule has 8 heteroatoms. The van der Waals surface area contributed by atoms with Crippen LogP contribution in [0.2, 0.25) is 0 Å². The summed E-state index contributed by atoms with van der Waals surface area (Å²) in [5, 5.41) is 0. The van der Waals surface area contributed by atoms with Crippen LogP contribution in [-0.4, -0.2) is 51.6 Å². The molecule has 0 N–H and O–H groups in total. The number of hydrogen-bond donors (Lipinski definition) is 0. The van der Waals surface area contributed by atoms with Gasteiger partial charge in [-0.15, -0.1) is 0 Å². The maximum Gasteiger partial charge on any atom is 0.317 e. The van der Waals surface area contributed by atoms with E-state index in [9.17, 15) is 9.59 Å². The van der Waals surface area contributed by atoms with E-state index in [1.807, 2.05) is 48.5 Å². The summed E-state index contributed by atoms with van der Waals surface area (Å²) in [6.07, 6.45) is 13.6. The topological polar surface area (TPSA) is 89.5 Å². The Bertz CT molecular complexity index is 1530. The standard InChI is InChI=1S/C49H64O8/c1-3-5-33-52-44-25-17-40(18-26-44)42-21-29-46(30-22-42)54-35-13-9-7-11-15-37-56-48(50)39-49(51)57-38-16-12-8-10-14-36-55-47-31-23-43(24-32-47)41-19-27-45(28-20-41)53-34-6-4-2/h17-32H,3-16,33-39H2,1-2H3. The Kier molecular flexibility index (Phi) is 21.7. The second-order valence-corrected chi connectivity index (χ2v) is 14.4. The van der Waals surface area contributed by atoms with E-state index in [4.69, 9.17) is 28.4 Å². The zero-order valence-electron chi connectivity index (χ0n) is 34.4. The molecule has 57 heavy (non-hydrogen) atoms. The molecule has 0 aromatic heterocycles. The first kappa shape index (κ1) is 44.7. The van der Waals surface area contributed by atoms with Crippen molar-refractivity contribution in [2.45, 2.75) is 110 Å². The number of carbonyl (C=O) groups excluding carboxylic acids is 2. The molecule has 0 saturated heterocycles. The predicted octanol–water partition coefficient (Wildman–Crippen LogP) is 12.2. The predicted molar refractivity (Wildman–Crippen MR) is 228 cm³/mol. The third kappa shape index (κ3) is 18.7. The van der Waals surface area contributed by atoms with E-state index >= 15 is 0 Å². The number of benzene rings is 4. The van der Waals surface area contributed by atoms with E-state index in [0.717, 1.165) is 148 Å². The number of ether oxygens (including phenoxy) is 6. The van der Waals surface area contributed by atoms with E-state index in [2.05, 4.69) is 62.4 Å². The van der Waals surface area contributed by atoms with Gasteiger partial charge in [0.25, 0.3) is 0 Å². The highest BCUT2D eigenvalue weighted by atomic mass is 16.6. The Morgan fingerprint density at radius 3 is 0.860 bits per heavy atom. The summed E-state index contributed by atoms with van der Waals surface area (Å²) in [7, 11) is 0. The fourth-order valence-corrected chi connectivity index (χ4v) is 6.08. The van der Waals surface area contributed by atoms with Gasteiger partial charge in [-0.25, -0.2) is 0 Å². The van der Waals surface area contributed by atoms with Crippen LogP contribution in [0.5, 0.6) is 23.0 Å². The number of esters is 2.